The average molecular weight is 349 g/mol. The molecule has 6 nitrogen and oxygen atoms in total. The molecule has 0 aliphatic heterocycles. The lowest BCUT2D eigenvalue weighted by atomic mass is 10.1. The largest absolute Gasteiger partial charge is 0.444 e. The first kappa shape index (κ1) is 20.8. The highest BCUT2D eigenvalue weighted by molar-refractivity contribution is 5.97. The Morgan fingerprint density at radius 1 is 1.20 bits per heavy atom. The molecule has 1 unspecified atom stereocenters. The first-order valence-corrected chi connectivity index (χ1v) is 8.73. The SMILES string of the molecule is CCN(CC)c1ccc(NC(=O)C(C)NC(=O)OC(C)(C)C)c(C)c1. The normalized spacial score (nSPS) is 12.3. The number of nitrogens with zero attached hydrogens (tertiary/aromatic N) is 1. The molecule has 0 spiro atoms. The molecule has 0 heterocycles. The van der Waals surface area contributed by atoms with E-state index in [1.54, 1.807) is 27.7 Å². The second kappa shape index (κ2) is 8.74. The maximum atomic E-state index is 12.3. The minimum atomic E-state index is -0.697. The second-order valence-corrected chi connectivity index (χ2v) is 7.03. The molecule has 25 heavy (non-hydrogen) atoms. The Bertz CT molecular complexity index is 604. The standard InChI is InChI=1S/C19H31N3O3/c1-8-22(9-2)15-10-11-16(13(3)12-15)21-17(23)14(4)20-18(24)25-19(5,6)7/h10-12,14H,8-9H2,1-7H3,(H,20,24)(H,21,23). The molecule has 6 heteroatoms. The minimum Gasteiger partial charge on any atom is -0.444 e. The second-order valence-electron chi connectivity index (χ2n) is 7.03. The molecule has 0 bridgehead atoms. The van der Waals surface area contributed by atoms with Gasteiger partial charge in [0.15, 0.2) is 0 Å². The van der Waals surface area contributed by atoms with E-state index in [1.807, 2.05) is 19.1 Å². The van der Waals surface area contributed by atoms with Gasteiger partial charge in [0.1, 0.15) is 11.6 Å². The smallest absolute Gasteiger partial charge is 0.408 e. The van der Waals surface area contributed by atoms with Crippen molar-refractivity contribution in [3.05, 3.63) is 23.8 Å². The predicted octanol–water partition coefficient (Wildman–Crippen LogP) is 3.69. The number of hydrogen-bond donors (Lipinski definition) is 2. The maximum absolute atomic E-state index is 12.3. The van der Waals surface area contributed by atoms with Crippen molar-refractivity contribution in [1.82, 2.24) is 5.32 Å². The third kappa shape index (κ3) is 6.64. The van der Waals surface area contributed by atoms with Crippen molar-refractivity contribution in [3.8, 4) is 0 Å². The van der Waals surface area contributed by atoms with Gasteiger partial charge < -0.3 is 20.3 Å². The zero-order chi connectivity index (χ0) is 19.2. The Morgan fingerprint density at radius 2 is 1.80 bits per heavy atom. The number of anilines is 2. The van der Waals surface area contributed by atoms with E-state index in [9.17, 15) is 9.59 Å². The van der Waals surface area contributed by atoms with Gasteiger partial charge in [0.2, 0.25) is 5.91 Å². The van der Waals surface area contributed by atoms with Crippen LogP contribution in [0.1, 0.15) is 47.1 Å². The zero-order valence-electron chi connectivity index (χ0n) is 16.4. The van der Waals surface area contributed by atoms with Crippen LogP contribution in [0.15, 0.2) is 18.2 Å². The first-order chi connectivity index (χ1) is 11.6. The minimum absolute atomic E-state index is 0.287. The number of carbonyl (C=O) groups excluding carboxylic acids is 2. The van der Waals surface area contributed by atoms with Crippen molar-refractivity contribution >= 4 is 23.4 Å². The summed E-state index contributed by atoms with van der Waals surface area (Å²) in [6.07, 6.45) is -0.608. The summed E-state index contributed by atoms with van der Waals surface area (Å²) in [6.45, 7) is 15.0. The lowest BCUT2D eigenvalue weighted by Gasteiger charge is -2.23. The average Bonchev–Trinajstić information content (AvgIpc) is 2.48. The highest BCUT2D eigenvalue weighted by atomic mass is 16.6. The van der Waals surface area contributed by atoms with E-state index in [0.717, 1.165) is 30.0 Å². The van der Waals surface area contributed by atoms with Gasteiger partial charge in [-0.3, -0.25) is 4.79 Å². The fourth-order valence-electron chi connectivity index (χ4n) is 2.36. The molecular formula is C19H31N3O3. The molecule has 0 saturated carbocycles. The number of alkyl carbamates (subject to hydrolysis) is 1. The summed E-state index contributed by atoms with van der Waals surface area (Å²) in [5.74, 6) is -0.287. The molecule has 0 saturated heterocycles. The molecule has 0 fully saturated rings. The lowest BCUT2D eigenvalue weighted by Crippen LogP contribution is -2.44. The van der Waals surface area contributed by atoms with Gasteiger partial charge in [-0.25, -0.2) is 4.79 Å². The van der Waals surface area contributed by atoms with Gasteiger partial charge in [0.25, 0.3) is 0 Å². The summed E-state index contributed by atoms with van der Waals surface area (Å²) < 4.78 is 5.16. The summed E-state index contributed by atoms with van der Waals surface area (Å²) in [5.41, 5.74) is 2.23. The molecule has 0 aliphatic carbocycles. The number of carbonyl (C=O) groups is 2. The van der Waals surface area contributed by atoms with Crippen LogP contribution < -0.4 is 15.5 Å². The van der Waals surface area contributed by atoms with Crippen LogP contribution in [-0.4, -0.2) is 36.7 Å². The van der Waals surface area contributed by atoms with Gasteiger partial charge in [-0.05, 0) is 72.2 Å². The molecule has 0 aromatic heterocycles. The molecule has 1 aromatic rings. The van der Waals surface area contributed by atoms with Crippen molar-refractivity contribution in [2.24, 2.45) is 0 Å². The molecule has 140 valence electrons. The Hall–Kier alpha value is -2.24. The molecular weight excluding hydrogens is 318 g/mol. The van der Waals surface area contributed by atoms with E-state index >= 15 is 0 Å². The van der Waals surface area contributed by atoms with E-state index < -0.39 is 17.7 Å². The fourth-order valence-corrected chi connectivity index (χ4v) is 2.36. The van der Waals surface area contributed by atoms with Gasteiger partial charge in [-0.2, -0.15) is 0 Å². The number of aryl methyl sites for hydroxylation is 1. The maximum Gasteiger partial charge on any atom is 0.408 e. The summed E-state index contributed by atoms with van der Waals surface area (Å²) in [4.78, 5) is 26.3. The van der Waals surface area contributed by atoms with Gasteiger partial charge in [0.05, 0.1) is 0 Å². The molecule has 2 N–H and O–H groups in total. The van der Waals surface area contributed by atoms with Crippen molar-refractivity contribution in [2.75, 3.05) is 23.3 Å². The van der Waals surface area contributed by atoms with Crippen LogP contribution in [0.4, 0.5) is 16.2 Å². The molecule has 1 rings (SSSR count). The number of nitrogens with one attached hydrogen (secondary N) is 2. The summed E-state index contributed by atoms with van der Waals surface area (Å²) in [5, 5.41) is 5.39. The number of ether oxygens (including phenoxy) is 1. The Labute approximate surface area is 150 Å². The van der Waals surface area contributed by atoms with E-state index in [1.165, 1.54) is 0 Å². The lowest BCUT2D eigenvalue weighted by molar-refractivity contribution is -0.117. The third-order valence-corrected chi connectivity index (χ3v) is 3.72. The molecule has 2 amide bonds. The van der Waals surface area contributed by atoms with Gasteiger partial charge in [0, 0.05) is 24.5 Å². The van der Waals surface area contributed by atoms with Crippen LogP contribution in [0.5, 0.6) is 0 Å². The van der Waals surface area contributed by atoms with Crippen LogP contribution in [0, 0.1) is 6.92 Å². The van der Waals surface area contributed by atoms with Crippen LogP contribution in [0.2, 0.25) is 0 Å². The predicted molar refractivity (Wildman–Crippen MR) is 102 cm³/mol. The Morgan fingerprint density at radius 3 is 2.28 bits per heavy atom. The molecule has 0 aliphatic rings. The monoisotopic (exact) mass is 349 g/mol. The van der Waals surface area contributed by atoms with Crippen molar-refractivity contribution in [1.29, 1.82) is 0 Å². The van der Waals surface area contributed by atoms with E-state index in [0.29, 0.717) is 0 Å². The van der Waals surface area contributed by atoms with Gasteiger partial charge >= 0.3 is 6.09 Å². The van der Waals surface area contributed by atoms with Crippen LogP contribution >= 0.6 is 0 Å². The first-order valence-electron chi connectivity index (χ1n) is 8.73. The number of benzene rings is 1. The molecule has 1 atom stereocenters. The Kier molecular flexibility index (Phi) is 7.27. The third-order valence-electron chi connectivity index (χ3n) is 3.72. The van der Waals surface area contributed by atoms with Gasteiger partial charge in [-0.15, -0.1) is 0 Å². The van der Waals surface area contributed by atoms with Crippen molar-refractivity contribution in [3.63, 3.8) is 0 Å². The topological polar surface area (TPSA) is 70.7 Å². The highest BCUT2D eigenvalue weighted by Crippen LogP contribution is 2.22. The Balaban J connectivity index is 2.72. The number of amides is 2. The fraction of sp³-hybridized carbons (Fsp3) is 0.579. The number of rotatable bonds is 6. The van der Waals surface area contributed by atoms with Crippen molar-refractivity contribution < 1.29 is 14.3 Å². The van der Waals surface area contributed by atoms with E-state index in [4.69, 9.17) is 4.74 Å². The zero-order valence-corrected chi connectivity index (χ0v) is 16.4. The number of hydrogen-bond acceptors (Lipinski definition) is 4. The summed E-state index contributed by atoms with van der Waals surface area (Å²) in [6, 6.07) is 5.23. The highest BCUT2D eigenvalue weighted by Gasteiger charge is 2.21. The van der Waals surface area contributed by atoms with E-state index in [-0.39, 0.29) is 5.91 Å². The van der Waals surface area contributed by atoms with Crippen LogP contribution in [-0.2, 0) is 9.53 Å². The molecule has 0 radical (unpaired) electrons. The van der Waals surface area contributed by atoms with Gasteiger partial charge in [-0.1, -0.05) is 0 Å². The van der Waals surface area contributed by atoms with Crippen LogP contribution in [0.3, 0.4) is 0 Å². The molecule has 1 aromatic carbocycles. The summed E-state index contributed by atoms with van der Waals surface area (Å²) in [7, 11) is 0. The van der Waals surface area contributed by atoms with Crippen molar-refractivity contribution in [2.45, 2.75) is 60.1 Å². The van der Waals surface area contributed by atoms with E-state index in [2.05, 4.69) is 35.4 Å². The van der Waals surface area contributed by atoms with Crippen LogP contribution in [0.25, 0.3) is 0 Å². The quantitative estimate of drug-likeness (QED) is 0.822. The summed E-state index contributed by atoms with van der Waals surface area (Å²) >= 11 is 0.